The molecule has 5 aromatic rings. The molecule has 0 radical (unpaired) electrons. The van der Waals surface area contributed by atoms with Crippen molar-refractivity contribution in [1.82, 2.24) is 4.67 Å². The molecule has 5 rings (SSSR count). The van der Waals surface area contributed by atoms with E-state index in [0.717, 1.165) is 27.9 Å². The molecule has 0 aromatic heterocycles. The second kappa shape index (κ2) is 11.8. The topological polar surface area (TPSA) is 12.5 Å². The number of halogens is 1. The minimum absolute atomic E-state index is 0.635. The summed E-state index contributed by atoms with van der Waals surface area (Å²) < 4.78 is 8.90. The van der Waals surface area contributed by atoms with Crippen LogP contribution in [0.15, 0.2) is 140 Å². The number of para-hydroxylation sites is 1. The summed E-state index contributed by atoms with van der Waals surface area (Å²) >= 11 is 7.28. The van der Waals surface area contributed by atoms with Gasteiger partial charge in [0.05, 0.1) is 10.6 Å². The highest BCUT2D eigenvalue weighted by molar-refractivity contribution is 7.93. The number of nitrogens with zero attached hydrogens (tertiary/aromatic N) is 1. The van der Waals surface area contributed by atoms with Gasteiger partial charge in [0.1, 0.15) is 27.4 Å². The van der Waals surface area contributed by atoms with Crippen LogP contribution in [0.3, 0.4) is 0 Å². The van der Waals surface area contributed by atoms with E-state index in [-0.39, 0.29) is 0 Å². The van der Waals surface area contributed by atoms with Gasteiger partial charge in [-0.1, -0.05) is 103 Å². The van der Waals surface area contributed by atoms with Crippen molar-refractivity contribution in [2.24, 2.45) is 0 Å². The SMILES string of the molecule is CN(C)[P+](c1ccccc1)(c1ccccc1)c1cccc(Oc2ccccc2)c1C(Cl)=Cc1ccccc1. The van der Waals surface area contributed by atoms with Crippen molar-refractivity contribution in [2.45, 2.75) is 0 Å². The van der Waals surface area contributed by atoms with Gasteiger partial charge >= 0.3 is 0 Å². The summed E-state index contributed by atoms with van der Waals surface area (Å²) in [5.74, 6) is 1.49. The van der Waals surface area contributed by atoms with E-state index in [2.05, 4.69) is 104 Å². The molecule has 0 amide bonds. The van der Waals surface area contributed by atoms with E-state index >= 15 is 0 Å². The Morgan fingerprint density at radius 1 is 0.632 bits per heavy atom. The average molecular weight is 535 g/mol. The number of ether oxygens (including phenoxy) is 1. The molecular weight excluding hydrogens is 505 g/mol. The van der Waals surface area contributed by atoms with Gasteiger partial charge in [0.2, 0.25) is 0 Å². The van der Waals surface area contributed by atoms with Gasteiger partial charge in [0.25, 0.3) is 0 Å². The van der Waals surface area contributed by atoms with E-state index in [1.807, 2.05) is 60.7 Å². The Morgan fingerprint density at radius 3 is 1.66 bits per heavy atom. The predicted molar refractivity (Wildman–Crippen MR) is 166 cm³/mol. The van der Waals surface area contributed by atoms with Crippen molar-refractivity contribution in [3.05, 3.63) is 151 Å². The van der Waals surface area contributed by atoms with E-state index < -0.39 is 7.41 Å². The summed E-state index contributed by atoms with van der Waals surface area (Å²) in [6, 6.07) is 47.8. The summed E-state index contributed by atoms with van der Waals surface area (Å²) in [5, 5.41) is 4.28. The third-order valence-electron chi connectivity index (χ3n) is 6.52. The Balaban J connectivity index is 1.84. The zero-order valence-electron chi connectivity index (χ0n) is 21.5. The van der Waals surface area contributed by atoms with Crippen molar-refractivity contribution in [3.8, 4) is 11.5 Å². The second-order valence-corrected chi connectivity index (χ2v) is 13.1. The maximum Gasteiger partial charge on any atom is 0.181 e. The number of hydrogen-bond acceptors (Lipinski definition) is 2. The Kier molecular flexibility index (Phi) is 8.05. The lowest BCUT2D eigenvalue weighted by molar-refractivity contribution is 0.482. The number of benzene rings is 5. The van der Waals surface area contributed by atoms with Gasteiger partial charge in [-0.2, -0.15) is 4.67 Å². The van der Waals surface area contributed by atoms with E-state index in [0.29, 0.717) is 5.03 Å². The Labute approximate surface area is 231 Å². The first-order valence-electron chi connectivity index (χ1n) is 12.6. The molecule has 0 spiro atoms. The van der Waals surface area contributed by atoms with Crippen LogP contribution in [-0.2, 0) is 0 Å². The molecule has 0 heterocycles. The molecule has 4 heteroatoms. The quantitative estimate of drug-likeness (QED) is 0.148. The first kappa shape index (κ1) is 25.9. The van der Waals surface area contributed by atoms with Crippen LogP contribution in [-0.4, -0.2) is 18.8 Å². The second-order valence-electron chi connectivity index (χ2n) is 9.12. The average Bonchev–Trinajstić information content (AvgIpc) is 2.96. The van der Waals surface area contributed by atoms with Crippen LogP contribution in [0, 0.1) is 0 Å². The van der Waals surface area contributed by atoms with Crippen molar-refractivity contribution in [2.75, 3.05) is 14.1 Å². The molecule has 2 nitrogen and oxygen atoms in total. The zero-order valence-corrected chi connectivity index (χ0v) is 23.2. The summed E-state index contributed by atoms with van der Waals surface area (Å²) in [4.78, 5) is 0. The van der Waals surface area contributed by atoms with Gasteiger partial charge in [0, 0.05) is 14.1 Å². The van der Waals surface area contributed by atoms with Crippen molar-refractivity contribution >= 4 is 46.0 Å². The first-order chi connectivity index (χ1) is 18.6. The van der Waals surface area contributed by atoms with Gasteiger partial charge in [-0.25, -0.2) is 0 Å². The Morgan fingerprint density at radius 2 is 1.13 bits per heavy atom. The predicted octanol–water partition coefficient (Wildman–Crippen LogP) is 7.99. The smallest absolute Gasteiger partial charge is 0.181 e. The van der Waals surface area contributed by atoms with Crippen molar-refractivity contribution in [1.29, 1.82) is 0 Å². The van der Waals surface area contributed by atoms with Crippen LogP contribution in [0.25, 0.3) is 11.1 Å². The third kappa shape index (κ3) is 5.17. The molecule has 188 valence electrons. The summed E-state index contributed by atoms with van der Waals surface area (Å²) in [5.41, 5.74) is 1.93. The molecule has 5 aromatic carbocycles. The molecule has 0 atom stereocenters. The third-order valence-corrected chi connectivity index (χ3v) is 11.2. The highest BCUT2D eigenvalue weighted by atomic mass is 35.5. The molecule has 38 heavy (non-hydrogen) atoms. The molecule has 0 saturated carbocycles. The normalized spacial score (nSPS) is 11.9. The molecule has 0 aliphatic carbocycles. The molecule has 0 aliphatic rings. The van der Waals surface area contributed by atoms with E-state index in [4.69, 9.17) is 16.3 Å². The van der Waals surface area contributed by atoms with E-state index in [1.165, 1.54) is 10.6 Å². The summed E-state index contributed by atoms with van der Waals surface area (Å²) in [7, 11) is 2.00. The monoisotopic (exact) mass is 534 g/mol. The Hall–Kier alpha value is -3.68. The van der Waals surface area contributed by atoms with Gasteiger partial charge in [-0.3, -0.25) is 0 Å². The fourth-order valence-electron chi connectivity index (χ4n) is 4.89. The van der Waals surface area contributed by atoms with Gasteiger partial charge in [0.15, 0.2) is 7.41 Å². The minimum atomic E-state index is -2.33. The van der Waals surface area contributed by atoms with Crippen molar-refractivity contribution < 1.29 is 4.74 Å². The molecule has 0 bridgehead atoms. The largest absolute Gasteiger partial charge is 0.457 e. The van der Waals surface area contributed by atoms with Crippen LogP contribution >= 0.6 is 19.0 Å². The maximum atomic E-state index is 7.28. The lowest BCUT2D eigenvalue weighted by Crippen LogP contribution is -2.41. The first-order valence-corrected chi connectivity index (χ1v) is 14.7. The van der Waals surface area contributed by atoms with E-state index in [9.17, 15) is 0 Å². The fraction of sp³-hybridized carbons (Fsp3) is 0.0588. The molecule has 0 unspecified atom stereocenters. The summed E-state index contributed by atoms with van der Waals surface area (Å²) in [6.07, 6.45) is 2.03. The van der Waals surface area contributed by atoms with Gasteiger partial charge < -0.3 is 4.74 Å². The number of hydrogen-bond donors (Lipinski definition) is 0. The highest BCUT2D eigenvalue weighted by Crippen LogP contribution is 2.59. The van der Waals surface area contributed by atoms with Crippen LogP contribution in [0.1, 0.15) is 11.1 Å². The van der Waals surface area contributed by atoms with Crippen LogP contribution in [0.5, 0.6) is 11.5 Å². The van der Waals surface area contributed by atoms with Gasteiger partial charge in [-0.15, -0.1) is 0 Å². The molecule has 0 N–H and O–H groups in total. The highest BCUT2D eigenvalue weighted by Gasteiger charge is 2.50. The molecule has 0 aliphatic heterocycles. The van der Waals surface area contributed by atoms with Gasteiger partial charge in [-0.05, 0) is 60.2 Å². The fourth-order valence-corrected chi connectivity index (χ4v) is 9.55. The standard InChI is InChI=1S/C34H30ClNOP/c1-36(2)38(29-20-11-5-12-21-29,30-22-13-6-14-23-30)33-25-15-24-32(37-28-18-9-4-10-19-28)34(33)31(35)26-27-16-7-3-8-17-27/h3-26H,1-2H3/q+1. The number of rotatable bonds is 8. The zero-order chi connectivity index (χ0) is 26.4. The summed E-state index contributed by atoms with van der Waals surface area (Å²) in [6.45, 7) is 0. The van der Waals surface area contributed by atoms with Crippen LogP contribution in [0.4, 0.5) is 0 Å². The lowest BCUT2D eigenvalue weighted by atomic mass is 10.1. The van der Waals surface area contributed by atoms with Crippen molar-refractivity contribution in [3.63, 3.8) is 0 Å². The maximum absolute atomic E-state index is 7.28. The lowest BCUT2D eigenvalue weighted by Gasteiger charge is -2.34. The minimum Gasteiger partial charge on any atom is -0.457 e. The van der Waals surface area contributed by atoms with Crippen LogP contribution in [0.2, 0.25) is 0 Å². The molecule has 0 fully saturated rings. The van der Waals surface area contributed by atoms with E-state index in [1.54, 1.807) is 0 Å². The molecule has 0 saturated heterocycles. The Bertz CT molecular complexity index is 1460. The van der Waals surface area contributed by atoms with Crippen LogP contribution < -0.4 is 20.7 Å². The molecular formula is C34H30ClNOP+.